The van der Waals surface area contributed by atoms with Gasteiger partial charge in [-0.25, -0.2) is 0 Å². The molecule has 1 aliphatic heterocycles. The molecule has 2 aromatic heterocycles. The Bertz CT molecular complexity index is 667. The van der Waals surface area contributed by atoms with Gasteiger partial charge < -0.3 is 14.1 Å². The molecule has 1 amide bonds. The van der Waals surface area contributed by atoms with Crippen LogP contribution in [0.1, 0.15) is 40.4 Å². The van der Waals surface area contributed by atoms with Gasteiger partial charge in [-0.1, -0.05) is 0 Å². The van der Waals surface area contributed by atoms with Crippen molar-refractivity contribution in [3.63, 3.8) is 0 Å². The van der Waals surface area contributed by atoms with Gasteiger partial charge in [0.1, 0.15) is 6.04 Å². The van der Waals surface area contributed by atoms with Crippen molar-refractivity contribution in [2.75, 3.05) is 19.8 Å². The number of hydrogen-bond donors (Lipinski definition) is 0. The van der Waals surface area contributed by atoms with Crippen molar-refractivity contribution < 1.29 is 13.9 Å². The maximum absolute atomic E-state index is 12.6. The molecule has 0 N–H and O–H groups in total. The average Bonchev–Trinajstić information content (AvgIpc) is 3.16. The van der Waals surface area contributed by atoms with E-state index < -0.39 is 0 Å². The van der Waals surface area contributed by atoms with E-state index in [2.05, 4.69) is 29.3 Å². The zero-order valence-electron chi connectivity index (χ0n) is 13.4. The smallest absolute Gasteiger partial charge is 0.241 e. The van der Waals surface area contributed by atoms with Crippen molar-refractivity contribution in [3.8, 4) is 0 Å². The van der Waals surface area contributed by atoms with Gasteiger partial charge in [-0.2, -0.15) is 0 Å². The topological polar surface area (TPSA) is 68.5 Å². The number of thiophene rings is 1. The fourth-order valence-corrected chi connectivity index (χ4v) is 3.66. The lowest BCUT2D eigenvalue weighted by Crippen LogP contribution is -2.43. The van der Waals surface area contributed by atoms with E-state index in [-0.39, 0.29) is 11.9 Å². The first-order valence-corrected chi connectivity index (χ1v) is 8.67. The van der Waals surface area contributed by atoms with Crippen LogP contribution in [-0.4, -0.2) is 40.8 Å². The standard InChI is InChI=1S/C16H21N3O3S/c1-11-6-7-13(23-11)4-3-5-15(20)19-8-9-21-10-14(19)16-18-17-12(2)22-16/h6-7,14H,3-5,8-10H2,1-2H3. The Kier molecular flexibility index (Phi) is 5.07. The van der Waals surface area contributed by atoms with Crippen LogP contribution in [0.2, 0.25) is 0 Å². The summed E-state index contributed by atoms with van der Waals surface area (Å²) in [4.78, 5) is 17.0. The van der Waals surface area contributed by atoms with E-state index in [0.29, 0.717) is 38.0 Å². The third kappa shape index (κ3) is 3.97. The van der Waals surface area contributed by atoms with Crippen molar-refractivity contribution in [1.82, 2.24) is 15.1 Å². The minimum absolute atomic E-state index is 0.127. The molecule has 0 aromatic carbocycles. The fraction of sp³-hybridized carbons (Fsp3) is 0.562. The average molecular weight is 335 g/mol. The summed E-state index contributed by atoms with van der Waals surface area (Å²) in [5.74, 6) is 1.10. The van der Waals surface area contributed by atoms with Gasteiger partial charge in [-0.05, 0) is 31.9 Å². The number of carbonyl (C=O) groups is 1. The van der Waals surface area contributed by atoms with Gasteiger partial charge in [0.05, 0.1) is 13.2 Å². The summed E-state index contributed by atoms with van der Waals surface area (Å²) in [5, 5.41) is 7.89. The van der Waals surface area contributed by atoms with Crippen LogP contribution in [0, 0.1) is 13.8 Å². The molecule has 6 nitrogen and oxygen atoms in total. The fourth-order valence-electron chi connectivity index (χ4n) is 2.73. The van der Waals surface area contributed by atoms with E-state index in [1.165, 1.54) is 9.75 Å². The lowest BCUT2D eigenvalue weighted by atomic mass is 10.1. The van der Waals surface area contributed by atoms with Crippen LogP contribution in [0.25, 0.3) is 0 Å². The number of morpholine rings is 1. The van der Waals surface area contributed by atoms with Crippen molar-refractivity contribution in [1.29, 1.82) is 0 Å². The van der Waals surface area contributed by atoms with Crippen LogP contribution in [0.5, 0.6) is 0 Å². The molecule has 1 unspecified atom stereocenters. The van der Waals surface area contributed by atoms with Gasteiger partial charge in [0.15, 0.2) is 0 Å². The van der Waals surface area contributed by atoms with Gasteiger partial charge in [0, 0.05) is 29.6 Å². The summed E-state index contributed by atoms with van der Waals surface area (Å²) in [7, 11) is 0. The lowest BCUT2D eigenvalue weighted by molar-refractivity contribution is -0.141. The van der Waals surface area contributed by atoms with Crippen molar-refractivity contribution in [2.24, 2.45) is 0 Å². The Morgan fingerprint density at radius 1 is 1.39 bits per heavy atom. The quantitative estimate of drug-likeness (QED) is 0.840. The summed E-state index contributed by atoms with van der Waals surface area (Å²) in [5.41, 5.74) is 0. The van der Waals surface area contributed by atoms with E-state index in [1.807, 2.05) is 4.90 Å². The number of hydrogen-bond acceptors (Lipinski definition) is 6. The first-order valence-electron chi connectivity index (χ1n) is 7.86. The van der Waals surface area contributed by atoms with Crippen LogP contribution in [0.4, 0.5) is 0 Å². The van der Waals surface area contributed by atoms with E-state index in [1.54, 1.807) is 18.3 Å². The predicted octanol–water partition coefficient (Wildman–Crippen LogP) is 2.67. The highest BCUT2D eigenvalue weighted by atomic mass is 32.1. The number of rotatable bonds is 5. The zero-order valence-corrected chi connectivity index (χ0v) is 14.3. The number of aromatic nitrogens is 2. The zero-order chi connectivity index (χ0) is 16.2. The first kappa shape index (κ1) is 16.1. The molecule has 0 radical (unpaired) electrons. The second kappa shape index (κ2) is 7.23. The normalized spacial score (nSPS) is 18.3. The third-order valence-electron chi connectivity index (χ3n) is 3.89. The SMILES string of the molecule is Cc1nnc(C2COCCN2C(=O)CCCc2ccc(C)s2)o1. The highest BCUT2D eigenvalue weighted by molar-refractivity contribution is 7.11. The maximum Gasteiger partial charge on any atom is 0.241 e. The summed E-state index contributed by atoms with van der Waals surface area (Å²) < 4.78 is 11.0. The number of ether oxygens (including phenoxy) is 1. The number of carbonyl (C=O) groups excluding carboxylic acids is 1. The number of nitrogens with zero attached hydrogens (tertiary/aromatic N) is 3. The molecule has 7 heteroatoms. The summed E-state index contributed by atoms with van der Waals surface area (Å²) in [6, 6.07) is 4.00. The van der Waals surface area contributed by atoms with Gasteiger partial charge in [0.25, 0.3) is 0 Å². The maximum atomic E-state index is 12.6. The van der Waals surface area contributed by atoms with Crippen molar-refractivity contribution in [3.05, 3.63) is 33.7 Å². The highest BCUT2D eigenvalue weighted by Crippen LogP contribution is 2.25. The van der Waals surface area contributed by atoms with Gasteiger partial charge >= 0.3 is 0 Å². The van der Waals surface area contributed by atoms with Crippen molar-refractivity contribution in [2.45, 2.75) is 39.2 Å². The monoisotopic (exact) mass is 335 g/mol. The number of amides is 1. The van der Waals surface area contributed by atoms with Crippen LogP contribution in [0.15, 0.2) is 16.5 Å². The van der Waals surface area contributed by atoms with E-state index in [4.69, 9.17) is 9.15 Å². The van der Waals surface area contributed by atoms with E-state index >= 15 is 0 Å². The lowest BCUT2D eigenvalue weighted by Gasteiger charge is -2.33. The second-order valence-corrected chi connectivity index (χ2v) is 7.08. The molecule has 2 aromatic rings. The molecular formula is C16H21N3O3S. The third-order valence-corrected chi connectivity index (χ3v) is 4.95. The minimum atomic E-state index is -0.263. The molecule has 1 atom stereocenters. The molecule has 1 saturated heterocycles. The minimum Gasteiger partial charge on any atom is -0.423 e. The summed E-state index contributed by atoms with van der Waals surface area (Å²) >= 11 is 1.80. The molecule has 1 fully saturated rings. The van der Waals surface area contributed by atoms with Gasteiger partial charge in [0.2, 0.25) is 17.7 Å². The van der Waals surface area contributed by atoms with Crippen molar-refractivity contribution >= 4 is 17.2 Å². The molecule has 124 valence electrons. The van der Waals surface area contributed by atoms with Crippen LogP contribution in [0.3, 0.4) is 0 Å². The Morgan fingerprint density at radius 2 is 2.26 bits per heavy atom. The Balaban J connectivity index is 1.57. The summed E-state index contributed by atoms with van der Waals surface area (Å²) in [6.45, 7) is 5.39. The van der Waals surface area contributed by atoms with E-state index in [9.17, 15) is 4.79 Å². The molecule has 0 saturated carbocycles. The number of aryl methyl sites for hydroxylation is 3. The Hall–Kier alpha value is -1.73. The molecule has 0 bridgehead atoms. The Labute approximate surface area is 139 Å². The molecule has 0 spiro atoms. The molecular weight excluding hydrogens is 314 g/mol. The van der Waals surface area contributed by atoms with E-state index in [0.717, 1.165) is 12.8 Å². The van der Waals surface area contributed by atoms with Gasteiger partial charge in [-0.3, -0.25) is 4.79 Å². The predicted molar refractivity (Wildman–Crippen MR) is 86.3 cm³/mol. The Morgan fingerprint density at radius 3 is 2.96 bits per heavy atom. The first-order chi connectivity index (χ1) is 11.1. The largest absolute Gasteiger partial charge is 0.423 e. The highest BCUT2D eigenvalue weighted by Gasteiger charge is 2.32. The molecule has 3 heterocycles. The molecule has 1 aliphatic rings. The molecule has 0 aliphatic carbocycles. The molecule has 3 rings (SSSR count). The van der Waals surface area contributed by atoms with Crippen LogP contribution < -0.4 is 0 Å². The second-order valence-electron chi connectivity index (χ2n) is 5.70. The summed E-state index contributed by atoms with van der Waals surface area (Å²) in [6.07, 6.45) is 2.32. The van der Waals surface area contributed by atoms with Crippen LogP contribution >= 0.6 is 11.3 Å². The van der Waals surface area contributed by atoms with Crippen LogP contribution in [-0.2, 0) is 16.0 Å². The molecule has 23 heavy (non-hydrogen) atoms. The van der Waals surface area contributed by atoms with Gasteiger partial charge in [-0.15, -0.1) is 21.5 Å².